The summed E-state index contributed by atoms with van der Waals surface area (Å²) in [4.78, 5) is 2.46. The Morgan fingerprint density at radius 1 is 0.400 bits per heavy atom. The molecular weight excluding hydrogens is 370 g/mol. The van der Waals surface area contributed by atoms with E-state index in [1.807, 2.05) is 0 Å². The Kier molecular flexibility index (Phi) is 25.0. The van der Waals surface area contributed by atoms with Crippen LogP contribution < -0.4 is 0 Å². The number of unbranched alkanes of at least 4 members (excludes halogenated alkanes) is 18. The average molecular weight is 428 g/mol. The second-order valence-corrected chi connectivity index (χ2v) is 9.71. The number of nitrogens with zero attached hydrogens (tertiary/aromatic N) is 1. The third-order valence-corrected chi connectivity index (χ3v) is 6.62. The number of rotatable bonds is 25. The molecular formula is C27H57NO2. The van der Waals surface area contributed by atoms with Crippen LogP contribution in [0.3, 0.4) is 0 Å². The molecule has 0 saturated heterocycles. The Labute approximate surface area is 190 Å². The van der Waals surface area contributed by atoms with Crippen LogP contribution in [0.5, 0.6) is 0 Å². The van der Waals surface area contributed by atoms with Crippen molar-refractivity contribution in [2.24, 2.45) is 0 Å². The first-order valence-corrected chi connectivity index (χ1v) is 13.6. The first kappa shape index (κ1) is 29.9. The van der Waals surface area contributed by atoms with Gasteiger partial charge in [0.25, 0.3) is 0 Å². The lowest BCUT2D eigenvalue weighted by Crippen LogP contribution is -2.27. The highest BCUT2D eigenvalue weighted by Crippen LogP contribution is 2.18. The van der Waals surface area contributed by atoms with Gasteiger partial charge in [-0.25, -0.2) is 0 Å². The molecule has 0 aromatic heterocycles. The highest BCUT2D eigenvalue weighted by Gasteiger charge is 2.10. The summed E-state index contributed by atoms with van der Waals surface area (Å²) in [6, 6.07) is 0.781. The van der Waals surface area contributed by atoms with Gasteiger partial charge in [0.2, 0.25) is 0 Å². The van der Waals surface area contributed by atoms with Gasteiger partial charge in [0.05, 0.1) is 0 Å². The molecule has 0 spiro atoms. The Bertz CT molecular complexity index is 283. The van der Waals surface area contributed by atoms with Gasteiger partial charge in [-0.3, -0.25) is 0 Å². The molecule has 3 nitrogen and oxygen atoms in total. The monoisotopic (exact) mass is 427 g/mol. The molecule has 30 heavy (non-hydrogen) atoms. The summed E-state index contributed by atoms with van der Waals surface area (Å²) in [6.07, 6.45) is 29.3. The smallest absolute Gasteiger partial charge is 0.0431 e. The van der Waals surface area contributed by atoms with Gasteiger partial charge >= 0.3 is 0 Å². The van der Waals surface area contributed by atoms with E-state index in [-0.39, 0.29) is 0 Å². The average Bonchev–Trinajstić information content (AvgIpc) is 2.74. The van der Waals surface area contributed by atoms with E-state index < -0.39 is 0 Å². The van der Waals surface area contributed by atoms with E-state index in [0.29, 0.717) is 13.2 Å². The molecule has 0 bridgehead atoms. The van der Waals surface area contributed by atoms with Crippen molar-refractivity contribution >= 4 is 0 Å². The van der Waals surface area contributed by atoms with Gasteiger partial charge in [0, 0.05) is 19.3 Å². The van der Waals surface area contributed by atoms with E-state index in [9.17, 15) is 0 Å². The molecule has 2 N–H and O–H groups in total. The van der Waals surface area contributed by atoms with E-state index in [1.165, 1.54) is 128 Å². The van der Waals surface area contributed by atoms with Gasteiger partial charge in [0.1, 0.15) is 0 Å². The number of hydrogen-bond donors (Lipinski definition) is 2. The van der Waals surface area contributed by atoms with Crippen molar-refractivity contribution in [3.05, 3.63) is 0 Å². The zero-order valence-electron chi connectivity index (χ0n) is 20.9. The van der Waals surface area contributed by atoms with Crippen LogP contribution in [-0.2, 0) is 0 Å². The molecule has 0 saturated carbocycles. The van der Waals surface area contributed by atoms with E-state index in [1.54, 1.807) is 0 Å². The van der Waals surface area contributed by atoms with Crippen LogP contribution in [0.4, 0.5) is 0 Å². The molecule has 0 aliphatic carbocycles. The van der Waals surface area contributed by atoms with E-state index in [0.717, 1.165) is 18.9 Å². The van der Waals surface area contributed by atoms with Gasteiger partial charge in [-0.1, -0.05) is 116 Å². The summed E-state index contributed by atoms with van der Waals surface area (Å²) < 4.78 is 0. The van der Waals surface area contributed by atoms with Crippen molar-refractivity contribution in [2.75, 3.05) is 27.3 Å². The third-order valence-electron chi connectivity index (χ3n) is 6.62. The quantitative estimate of drug-likeness (QED) is 0.148. The maximum absolute atomic E-state index is 8.78. The fraction of sp³-hybridized carbons (Fsp3) is 1.00. The molecule has 0 aliphatic heterocycles. The zero-order chi connectivity index (χ0) is 22.1. The molecule has 0 unspecified atom stereocenters. The summed E-state index contributed by atoms with van der Waals surface area (Å²) >= 11 is 0. The molecule has 0 aromatic carbocycles. The van der Waals surface area contributed by atoms with Crippen LogP contribution in [0.1, 0.15) is 141 Å². The van der Waals surface area contributed by atoms with Crippen molar-refractivity contribution in [1.82, 2.24) is 4.90 Å². The second kappa shape index (κ2) is 25.1. The normalized spacial score (nSPS) is 11.8. The van der Waals surface area contributed by atoms with Crippen molar-refractivity contribution in [3.8, 4) is 0 Å². The number of aliphatic hydroxyl groups excluding tert-OH is 2. The van der Waals surface area contributed by atoms with E-state index in [2.05, 4.69) is 19.0 Å². The third kappa shape index (κ3) is 22.6. The summed E-state index contributed by atoms with van der Waals surface area (Å²) in [7, 11) is 4.52. The van der Waals surface area contributed by atoms with Gasteiger partial charge in [-0.15, -0.1) is 0 Å². The maximum atomic E-state index is 8.78. The van der Waals surface area contributed by atoms with Crippen molar-refractivity contribution in [1.29, 1.82) is 0 Å². The molecule has 3 heteroatoms. The van der Waals surface area contributed by atoms with Gasteiger partial charge in [-0.05, 0) is 39.8 Å². The summed E-state index contributed by atoms with van der Waals surface area (Å²) in [5, 5.41) is 17.6. The molecule has 0 rings (SSSR count). The van der Waals surface area contributed by atoms with Crippen molar-refractivity contribution < 1.29 is 10.2 Å². The summed E-state index contributed by atoms with van der Waals surface area (Å²) in [6.45, 7) is 0.725. The number of aliphatic hydroxyl groups is 2. The minimum atomic E-state index is 0.362. The largest absolute Gasteiger partial charge is 0.396 e. The lowest BCUT2D eigenvalue weighted by Gasteiger charge is -2.24. The highest BCUT2D eigenvalue weighted by molar-refractivity contribution is 4.67. The van der Waals surface area contributed by atoms with Crippen molar-refractivity contribution in [3.63, 3.8) is 0 Å². The zero-order valence-corrected chi connectivity index (χ0v) is 20.9. The van der Waals surface area contributed by atoms with Gasteiger partial charge in [0.15, 0.2) is 0 Å². The van der Waals surface area contributed by atoms with Crippen molar-refractivity contribution in [2.45, 2.75) is 147 Å². The molecule has 0 amide bonds. The van der Waals surface area contributed by atoms with Crippen LogP contribution in [-0.4, -0.2) is 48.5 Å². The topological polar surface area (TPSA) is 43.7 Å². The summed E-state index contributed by atoms with van der Waals surface area (Å²) in [5.74, 6) is 0. The SMILES string of the molecule is CN(C)C(CCCCCCCCCCCCO)CCCCCCCCCCCCO. The predicted molar refractivity (Wildman–Crippen MR) is 133 cm³/mol. The lowest BCUT2D eigenvalue weighted by atomic mass is 9.99. The fourth-order valence-corrected chi connectivity index (χ4v) is 4.47. The molecule has 182 valence electrons. The highest BCUT2D eigenvalue weighted by atomic mass is 16.3. The van der Waals surface area contributed by atoms with Crippen LogP contribution in [0.15, 0.2) is 0 Å². The minimum absolute atomic E-state index is 0.362. The molecule has 0 atom stereocenters. The Morgan fingerprint density at radius 2 is 0.633 bits per heavy atom. The minimum Gasteiger partial charge on any atom is -0.396 e. The molecule has 0 heterocycles. The fourth-order valence-electron chi connectivity index (χ4n) is 4.47. The lowest BCUT2D eigenvalue weighted by molar-refractivity contribution is 0.251. The van der Waals surface area contributed by atoms with Crippen LogP contribution in [0.2, 0.25) is 0 Å². The van der Waals surface area contributed by atoms with Crippen LogP contribution >= 0.6 is 0 Å². The van der Waals surface area contributed by atoms with Crippen LogP contribution in [0.25, 0.3) is 0 Å². The number of hydrogen-bond acceptors (Lipinski definition) is 3. The van der Waals surface area contributed by atoms with Gasteiger partial charge < -0.3 is 15.1 Å². The Hall–Kier alpha value is -0.120. The maximum Gasteiger partial charge on any atom is 0.0431 e. The Balaban J connectivity index is 3.42. The molecule has 0 aromatic rings. The van der Waals surface area contributed by atoms with E-state index in [4.69, 9.17) is 10.2 Å². The van der Waals surface area contributed by atoms with Gasteiger partial charge in [-0.2, -0.15) is 0 Å². The molecule has 0 radical (unpaired) electrons. The van der Waals surface area contributed by atoms with Crippen LogP contribution in [0, 0.1) is 0 Å². The second-order valence-electron chi connectivity index (χ2n) is 9.71. The molecule has 0 fully saturated rings. The first-order chi connectivity index (χ1) is 14.7. The Morgan fingerprint density at radius 3 is 0.867 bits per heavy atom. The first-order valence-electron chi connectivity index (χ1n) is 13.6. The van der Waals surface area contributed by atoms with E-state index >= 15 is 0 Å². The molecule has 0 aliphatic rings. The standard InChI is InChI=1S/C27H57NO2/c1-28(2)27(23-19-15-11-7-3-5-9-13-17-21-25-29)24-20-16-12-8-4-6-10-14-18-22-26-30/h27,29-30H,3-26H2,1-2H3. The predicted octanol–water partition coefficient (Wildman–Crippen LogP) is 7.48. The summed E-state index contributed by atoms with van der Waals surface area (Å²) in [5.41, 5.74) is 0.